The van der Waals surface area contributed by atoms with E-state index >= 15 is 0 Å². The molecule has 5 heterocycles. The first-order valence-electron chi connectivity index (χ1n) is 14.7. The lowest BCUT2D eigenvalue weighted by atomic mass is 10.0. The zero-order valence-corrected chi connectivity index (χ0v) is 23.9. The number of methoxy groups -OCH3 is 1. The average Bonchev–Trinajstić information content (AvgIpc) is 3.66. The van der Waals surface area contributed by atoms with Gasteiger partial charge < -0.3 is 34.3 Å². The minimum absolute atomic E-state index is 0.0314. The summed E-state index contributed by atoms with van der Waals surface area (Å²) in [5.41, 5.74) is 4.84. The highest BCUT2D eigenvalue weighted by Crippen LogP contribution is 2.33. The highest BCUT2D eigenvalue weighted by Gasteiger charge is 2.31. The zero-order chi connectivity index (χ0) is 28.6. The summed E-state index contributed by atoms with van der Waals surface area (Å²) < 4.78 is 17.4. The van der Waals surface area contributed by atoms with Crippen molar-refractivity contribution in [1.29, 1.82) is 0 Å². The molecule has 1 atom stereocenters. The Bertz CT molecular complexity index is 1610. The molecule has 2 amide bonds. The molecular weight excluding hydrogens is 534 g/mol. The van der Waals surface area contributed by atoms with Gasteiger partial charge in [-0.05, 0) is 74.4 Å². The van der Waals surface area contributed by atoms with Gasteiger partial charge in [0, 0.05) is 50.1 Å². The molecule has 3 aliphatic heterocycles. The lowest BCUT2D eigenvalue weighted by molar-refractivity contribution is 0.106. The van der Waals surface area contributed by atoms with Crippen molar-refractivity contribution >= 4 is 28.6 Å². The summed E-state index contributed by atoms with van der Waals surface area (Å²) in [5.74, 6) is 3.67. The Kier molecular flexibility index (Phi) is 7.02. The van der Waals surface area contributed by atoms with Gasteiger partial charge in [0.15, 0.2) is 0 Å². The number of rotatable bonds is 6. The van der Waals surface area contributed by atoms with Gasteiger partial charge in [-0.25, -0.2) is 19.7 Å². The molecule has 0 aliphatic carbocycles. The van der Waals surface area contributed by atoms with Crippen LogP contribution in [0.25, 0.3) is 11.0 Å². The van der Waals surface area contributed by atoms with Crippen LogP contribution in [-0.2, 0) is 11.2 Å². The fourth-order valence-corrected chi connectivity index (χ4v) is 6.27. The zero-order valence-electron chi connectivity index (χ0n) is 23.9. The van der Waals surface area contributed by atoms with Gasteiger partial charge in [-0.3, -0.25) is 0 Å². The van der Waals surface area contributed by atoms with Gasteiger partial charge >= 0.3 is 6.03 Å². The molecule has 7 rings (SSSR count). The van der Waals surface area contributed by atoms with Gasteiger partial charge in [0.1, 0.15) is 35.6 Å². The van der Waals surface area contributed by atoms with Crippen LogP contribution < -0.4 is 19.7 Å². The van der Waals surface area contributed by atoms with Crippen molar-refractivity contribution in [1.82, 2.24) is 24.8 Å². The Balaban J connectivity index is 1.00. The summed E-state index contributed by atoms with van der Waals surface area (Å²) in [7, 11) is 1.66. The second kappa shape index (κ2) is 11.1. The Hall–Kier alpha value is -4.38. The number of carbonyl (C=O) groups is 1. The third kappa shape index (κ3) is 5.20. The minimum atomic E-state index is -0.0393. The number of H-pyrrole nitrogens is 1. The van der Waals surface area contributed by atoms with Crippen LogP contribution in [0.5, 0.6) is 17.4 Å². The van der Waals surface area contributed by atoms with Crippen molar-refractivity contribution in [3.63, 3.8) is 0 Å². The van der Waals surface area contributed by atoms with Crippen LogP contribution in [0.2, 0.25) is 0 Å². The molecule has 2 saturated heterocycles. The van der Waals surface area contributed by atoms with Crippen LogP contribution in [0.1, 0.15) is 48.7 Å². The summed E-state index contributed by atoms with van der Waals surface area (Å²) in [4.78, 5) is 34.4. The maximum absolute atomic E-state index is 13.1. The van der Waals surface area contributed by atoms with E-state index in [0.717, 1.165) is 97.0 Å². The average molecular weight is 570 g/mol. The quantitative estimate of drug-likeness (QED) is 0.318. The number of anilines is 2. The SMILES string of the molecule is COc1ccc2c(c1)CCN(C1CCN(c3cc(Oc4cc(C)c5nc(C6CCCO6)[nH]c5c4)ncn3)CC1)C(=O)N2. The van der Waals surface area contributed by atoms with Crippen molar-refractivity contribution in [3.05, 3.63) is 59.7 Å². The Morgan fingerprint density at radius 1 is 1.02 bits per heavy atom. The summed E-state index contributed by atoms with van der Waals surface area (Å²) in [5, 5.41) is 3.09. The van der Waals surface area contributed by atoms with Gasteiger partial charge in [0.05, 0.1) is 18.1 Å². The molecule has 2 aromatic carbocycles. The summed E-state index contributed by atoms with van der Waals surface area (Å²) in [6.07, 6.45) is 6.12. The Morgan fingerprint density at radius 2 is 1.90 bits per heavy atom. The van der Waals surface area contributed by atoms with Gasteiger partial charge in [-0.2, -0.15) is 0 Å². The van der Waals surface area contributed by atoms with Gasteiger partial charge in [-0.1, -0.05) is 0 Å². The normalized spacial score (nSPS) is 19.5. The van der Waals surface area contributed by atoms with E-state index in [1.165, 1.54) is 0 Å². The predicted octanol–water partition coefficient (Wildman–Crippen LogP) is 5.37. The van der Waals surface area contributed by atoms with Crippen molar-refractivity contribution < 1.29 is 19.0 Å². The summed E-state index contributed by atoms with van der Waals surface area (Å²) >= 11 is 0. The molecule has 3 aliphatic rings. The third-order valence-electron chi connectivity index (χ3n) is 8.52. The van der Waals surface area contributed by atoms with Gasteiger partial charge in [-0.15, -0.1) is 0 Å². The number of fused-ring (bicyclic) bond motifs is 2. The van der Waals surface area contributed by atoms with Crippen LogP contribution in [0.3, 0.4) is 0 Å². The molecule has 0 radical (unpaired) electrons. The van der Waals surface area contributed by atoms with Crippen molar-refractivity contribution in [3.8, 4) is 17.4 Å². The van der Waals surface area contributed by atoms with E-state index < -0.39 is 0 Å². The fourth-order valence-electron chi connectivity index (χ4n) is 6.27. The van der Waals surface area contributed by atoms with Crippen LogP contribution in [-0.4, -0.2) is 70.3 Å². The number of aryl methyl sites for hydroxylation is 1. The Morgan fingerprint density at radius 3 is 2.71 bits per heavy atom. The van der Waals surface area contributed by atoms with Gasteiger partial charge in [0.2, 0.25) is 5.88 Å². The number of hydrogen-bond acceptors (Lipinski definition) is 8. The van der Waals surface area contributed by atoms with E-state index in [1.54, 1.807) is 13.4 Å². The molecule has 11 nitrogen and oxygen atoms in total. The van der Waals surface area contributed by atoms with Crippen LogP contribution >= 0.6 is 0 Å². The lowest BCUT2D eigenvalue weighted by Crippen LogP contribution is -2.49. The number of hydrogen-bond donors (Lipinski definition) is 2. The van der Waals surface area contributed by atoms with E-state index in [2.05, 4.69) is 25.2 Å². The van der Waals surface area contributed by atoms with Crippen molar-refractivity contribution in [2.75, 3.05) is 43.6 Å². The number of aromatic amines is 1. The first-order valence-corrected chi connectivity index (χ1v) is 14.7. The van der Waals surface area contributed by atoms with Crippen LogP contribution in [0.4, 0.5) is 16.3 Å². The molecular formula is C31H35N7O4. The van der Waals surface area contributed by atoms with E-state index in [9.17, 15) is 4.79 Å². The standard InChI is InChI=1S/C31H35N7O4/c1-19-14-23(16-25-29(19)36-30(34-25)26-4-3-13-41-26)42-28-17-27(32-18-33-28)37-10-8-21(9-11-37)38-12-7-20-15-22(40-2)5-6-24(20)35-31(38)39/h5-6,14-18,21,26H,3-4,7-13H2,1-2H3,(H,34,36)(H,35,39). The number of urea groups is 1. The predicted molar refractivity (Wildman–Crippen MR) is 159 cm³/mol. The molecule has 0 bridgehead atoms. The second-order valence-corrected chi connectivity index (χ2v) is 11.2. The molecule has 11 heteroatoms. The number of aromatic nitrogens is 4. The smallest absolute Gasteiger partial charge is 0.322 e. The number of nitrogens with zero attached hydrogens (tertiary/aromatic N) is 5. The summed E-state index contributed by atoms with van der Waals surface area (Å²) in [6.45, 7) is 5.07. The fraction of sp³-hybridized carbons (Fsp3) is 0.419. The monoisotopic (exact) mass is 569 g/mol. The molecule has 0 saturated carbocycles. The van der Waals surface area contributed by atoms with Crippen LogP contribution in [0, 0.1) is 6.92 Å². The van der Waals surface area contributed by atoms with Crippen molar-refractivity contribution in [2.45, 2.75) is 51.2 Å². The molecule has 2 N–H and O–H groups in total. The molecule has 2 aromatic heterocycles. The molecule has 0 spiro atoms. The molecule has 42 heavy (non-hydrogen) atoms. The topological polar surface area (TPSA) is 118 Å². The number of benzene rings is 2. The Labute approximate surface area is 244 Å². The van der Waals surface area contributed by atoms with E-state index in [-0.39, 0.29) is 18.2 Å². The van der Waals surface area contributed by atoms with Crippen LogP contribution in [0.15, 0.2) is 42.7 Å². The minimum Gasteiger partial charge on any atom is -0.497 e. The number of nitrogens with one attached hydrogen (secondary N) is 2. The first kappa shape index (κ1) is 26.5. The molecule has 2 fully saturated rings. The highest BCUT2D eigenvalue weighted by atomic mass is 16.5. The van der Waals surface area contributed by atoms with Gasteiger partial charge in [0.25, 0.3) is 0 Å². The molecule has 218 valence electrons. The first-order chi connectivity index (χ1) is 20.5. The second-order valence-electron chi connectivity index (χ2n) is 11.2. The summed E-state index contributed by atoms with van der Waals surface area (Å²) in [6, 6.07) is 11.8. The van der Waals surface area contributed by atoms with E-state index in [1.807, 2.05) is 48.2 Å². The number of ether oxygens (including phenoxy) is 3. The number of carbonyl (C=O) groups excluding carboxylic acids is 1. The van der Waals surface area contributed by atoms with Crippen molar-refractivity contribution in [2.24, 2.45) is 0 Å². The number of imidazole rings is 1. The lowest BCUT2D eigenvalue weighted by Gasteiger charge is -2.38. The maximum Gasteiger partial charge on any atom is 0.322 e. The largest absolute Gasteiger partial charge is 0.497 e. The molecule has 1 unspecified atom stereocenters. The maximum atomic E-state index is 13.1. The number of amides is 2. The third-order valence-corrected chi connectivity index (χ3v) is 8.52. The number of piperidine rings is 1. The van der Waals surface area contributed by atoms with E-state index in [4.69, 9.17) is 19.2 Å². The van der Waals surface area contributed by atoms with E-state index in [0.29, 0.717) is 18.2 Å². The highest BCUT2D eigenvalue weighted by molar-refractivity contribution is 5.91. The molecule has 4 aromatic rings.